The Morgan fingerprint density at radius 2 is 2.15 bits per heavy atom. The normalized spacial score (nSPS) is 17.9. The second kappa shape index (κ2) is 7.40. The Hall–Kier alpha value is -2.87. The number of aryl methyl sites for hydroxylation is 1. The molecule has 0 aromatic carbocycles. The summed E-state index contributed by atoms with van der Waals surface area (Å²) in [6.07, 6.45) is 3.04. The maximum absolute atomic E-state index is 12.4. The fraction of sp³-hybridized carbons (Fsp3) is 0.421. The summed E-state index contributed by atoms with van der Waals surface area (Å²) in [7, 11) is 0. The van der Waals surface area contributed by atoms with Crippen LogP contribution in [0.25, 0.3) is 5.52 Å². The van der Waals surface area contributed by atoms with Crippen molar-refractivity contribution in [3.05, 3.63) is 45.9 Å². The summed E-state index contributed by atoms with van der Waals surface area (Å²) in [4.78, 5) is 37.7. The lowest BCUT2D eigenvalue weighted by Gasteiger charge is -2.21. The standard InChI is InChI=1S/C19H24N4O4/c1-3-12-8-15(19(26)27)18(25)23-7-5-14(9-16(12)23)22-6-4-13(10-22)21-17(24)11(2)20/h5,7-9,11,13H,3-4,6,10,20H2,1-2H3,(H,21,24)(H,26,27)/t11-,13?/m0/s1. The monoisotopic (exact) mass is 372 g/mol. The summed E-state index contributed by atoms with van der Waals surface area (Å²) in [6.45, 7) is 5.01. The molecule has 1 unspecified atom stereocenters. The Kier molecular flexibility index (Phi) is 5.18. The number of nitrogens with zero attached hydrogens (tertiary/aromatic N) is 2. The number of carbonyl (C=O) groups is 2. The van der Waals surface area contributed by atoms with Crippen molar-refractivity contribution in [2.24, 2.45) is 5.73 Å². The molecule has 1 aliphatic rings. The summed E-state index contributed by atoms with van der Waals surface area (Å²) >= 11 is 0. The van der Waals surface area contributed by atoms with Gasteiger partial charge in [-0.25, -0.2) is 4.79 Å². The number of pyridine rings is 2. The highest BCUT2D eigenvalue weighted by Gasteiger charge is 2.25. The van der Waals surface area contributed by atoms with Gasteiger partial charge in [0, 0.05) is 31.0 Å². The molecule has 2 atom stereocenters. The highest BCUT2D eigenvalue weighted by molar-refractivity contribution is 5.88. The Morgan fingerprint density at radius 1 is 1.41 bits per heavy atom. The first-order valence-corrected chi connectivity index (χ1v) is 9.04. The van der Waals surface area contributed by atoms with Gasteiger partial charge < -0.3 is 21.1 Å². The Balaban J connectivity index is 1.91. The van der Waals surface area contributed by atoms with E-state index in [0.717, 1.165) is 24.2 Å². The third kappa shape index (κ3) is 3.66. The average molecular weight is 372 g/mol. The molecule has 0 aliphatic carbocycles. The van der Waals surface area contributed by atoms with E-state index >= 15 is 0 Å². The van der Waals surface area contributed by atoms with Crippen molar-refractivity contribution in [2.45, 2.75) is 38.8 Å². The fourth-order valence-electron chi connectivity index (χ4n) is 3.43. The number of hydrogen-bond acceptors (Lipinski definition) is 5. The van der Waals surface area contributed by atoms with Crippen molar-refractivity contribution < 1.29 is 14.7 Å². The number of carboxylic acid groups (broad SMARTS) is 1. The molecule has 1 aliphatic heterocycles. The number of hydrogen-bond donors (Lipinski definition) is 3. The van der Waals surface area contributed by atoms with Crippen LogP contribution in [0, 0.1) is 0 Å². The van der Waals surface area contributed by atoms with Gasteiger partial charge in [-0.15, -0.1) is 0 Å². The van der Waals surface area contributed by atoms with Gasteiger partial charge in [-0.3, -0.25) is 14.0 Å². The molecule has 27 heavy (non-hydrogen) atoms. The number of aromatic nitrogens is 1. The lowest BCUT2D eigenvalue weighted by molar-refractivity contribution is -0.122. The molecule has 3 rings (SSSR count). The molecule has 3 heterocycles. The predicted molar refractivity (Wildman–Crippen MR) is 102 cm³/mol. The zero-order chi connectivity index (χ0) is 19.7. The molecule has 1 fully saturated rings. The van der Waals surface area contributed by atoms with Crippen LogP contribution in [0.15, 0.2) is 29.2 Å². The number of nitrogens with two attached hydrogens (primary N) is 1. The maximum atomic E-state index is 12.4. The molecule has 2 aromatic heterocycles. The molecule has 4 N–H and O–H groups in total. The minimum Gasteiger partial charge on any atom is -0.477 e. The average Bonchev–Trinajstić information content (AvgIpc) is 3.09. The van der Waals surface area contributed by atoms with E-state index in [2.05, 4.69) is 10.2 Å². The minimum absolute atomic E-state index is 0.0296. The van der Waals surface area contributed by atoms with Crippen LogP contribution in [0.3, 0.4) is 0 Å². The van der Waals surface area contributed by atoms with Crippen molar-refractivity contribution >= 4 is 23.1 Å². The van der Waals surface area contributed by atoms with Crippen LogP contribution in [0.4, 0.5) is 5.69 Å². The molecule has 144 valence electrons. The molecular formula is C19H24N4O4. The van der Waals surface area contributed by atoms with Crippen LogP contribution < -0.4 is 21.5 Å². The maximum Gasteiger partial charge on any atom is 0.341 e. The number of nitrogens with one attached hydrogen (secondary N) is 1. The minimum atomic E-state index is -1.22. The van der Waals surface area contributed by atoms with E-state index in [-0.39, 0.29) is 17.5 Å². The van der Waals surface area contributed by atoms with Crippen molar-refractivity contribution in [2.75, 3.05) is 18.0 Å². The number of carboxylic acids is 1. The lowest BCUT2D eigenvalue weighted by atomic mass is 10.1. The predicted octanol–water partition coefficient (Wildman–Crippen LogP) is 0.602. The van der Waals surface area contributed by atoms with Gasteiger partial charge in [0.05, 0.1) is 11.6 Å². The zero-order valence-electron chi connectivity index (χ0n) is 15.4. The number of anilines is 1. The van der Waals surface area contributed by atoms with E-state index in [1.54, 1.807) is 19.2 Å². The molecule has 8 nitrogen and oxygen atoms in total. The van der Waals surface area contributed by atoms with Crippen LogP contribution >= 0.6 is 0 Å². The fourth-order valence-corrected chi connectivity index (χ4v) is 3.43. The van der Waals surface area contributed by atoms with Gasteiger partial charge in [-0.2, -0.15) is 0 Å². The van der Waals surface area contributed by atoms with E-state index in [0.29, 0.717) is 18.5 Å². The van der Waals surface area contributed by atoms with Crippen molar-refractivity contribution in [1.29, 1.82) is 0 Å². The number of rotatable bonds is 5. The van der Waals surface area contributed by atoms with Crippen LogP contribution in [0.1, 0.15) is 36.2 Å². The molecule has 2 aromatic rings. The second-order valence-electron chi connectivity index (χ2n) is 6.92. The van der Waals surface area contributed by atoms with Gasteiger partial charge in [0.25, 0.3) is 5.56 Å². The molecule has 0 spiro atoms. The summed E-state index contributed by atoms with van der Waals surface area (Å²) < 4.78 is 1.39. The highest BCUT2D eigenvalue weighted by Crippen LogP contribution is 2.23. The smallest absolute Gasteiger partial charge is 0.341 e. The van der Waals surface area contributed by atoms with Gasteiger partial charge in [0.1, 0.15) is 5.56 Å². The molecule has 0 saturated carbocycles. The summed E-state index contributed by atoms with van der Waals surface area (Å²) in [5.41, 5.74) is 7.28. The molecule has 0 bridgehead atoms. The van der Waals surface area contributed by atoms with Crippen LogP contribution in [-0.4, -0.2) is 46.6 Å². The van der Waals surface area contributed by atoms with Crippen LogP contribution in [0.5, 0.6) is 0 Å². The first-order chi connectivity index (χ1) is 12.8. The first-order valence-electron chi connectivity index (χ1n) is 9.04. The van der Waals surface area contributed by atoms with Gasteiger partial charge in [0.2, 0.25) is 5.91 Å². The number of fused-ring (bicyclic) bond motifs is 1. The molecule has 1 amide bonds. The number of carbonyl (C=O) groups excluding carboxylic acids is 1. The van der Waals surface area contributed by atoms with Crippen molar-refractivity contribution in [3.8, 4) is 0 Å². The van der Waals surface area contributed by atoms with Gasteiger partial charge in [-0.05, 0) is 43.5 Å². The molecular weight excluding hydrogens is 348 g/mol. The molecule has 8 heteroatoms. The third-order valence-electron chi connectivity index (χ3n) is 4.96. The zero-order valence-corrected chi connectivity index (χ0v) is 15.4. The van der Waals surface area contributed by atoms with E-state index in [1.165, 1.54) is 10.5 Å². The lowest BCUT2D eigenvalue weighted by Crippen LogP contribution is -2.44. The third-order valence-corrected chi connectivity index (χ3v) is 4.96. The summed E-state index contributed by atoms with van der Waals surface area (Å²) in [6, 6.07) is 4.65. The van der Waals surface area contributed by atoms with E-state index in [1.807, 2.05) is 13.0 Å². The summed E-state index contributed by atoms with van der Waals surface area (Å²) in [5.74, 6) is -1.39. The van der Waals surface area contributed by atoms with E-state index < -0.39 is 17.6 Å². The molecule has 0 radical (unpaired) electrons. The topological polar surface area (TPSA) is 117 Å². The highest BCUT2D eigenvalue weighted by atomic mass is 16.4. The van der Waals surface area contributed by atoms with E-state index in [9.17, 15) is 19.5 Å². The van der Waals surface area contributed by atoms with Gasteiger partial charge in [-0.1, -0.05) is 6.92 Å². The van der Waals surface area contributed by atoms with Crippen molar-refractivity contribution in [1.82, 2.24) is 9.72 Å². The Bertz CT molecular complexity index is 951. The first kappa shape index (κ1) is 18.9. The van der Waals surface area contributed by atoms with Crippen LogP contribution in [0.2, 0.25) is 0 Å². The number of aromatic carboxylic acids is 1. The SMILES string of the molecule is CCc1cc(C(=O)O)c(=O)n2ccc(N3CCC(NC(=O)[C@H](C)N)C3)cc12. The Morgan fingerprint density at radius 3 is 2.78 bits per heavy atom. The largest absolute Gasteiger partial charge is 0.477 e. The van der Waals surface area contributed by atoms with Crippen LogP contribution in [-0.2, 0) is 11.2 Å². The van der Waals surface area contributed by atoms with E-state index in [4.69, 9.17) is 5.73 Å². The summed E-state index contributed by atoms with van der Waals surface area (Å²) in [5, 5.41) is 12.2. The van der Waals surface area contributed by atoms with Gasteiger partial charge in [0.15, 0.2) is 0 Å². The molecule has 1 saturated heterocycles. The van der Waals surface area contributed by atoms with Gasteiger partial charge >= 0.3 is 5.97 Å². The quantitative estimate of drug-likeness (QED) is 0.708. The number of amides is 1. The second-order valence-corrected chi connectivity index (χ2v) is 6.92. The Labute approximate surface area is 156 Å². The van der Waals surface area contributed by atoms with Crippen molar-refractivity contribution in [3.63, 3.8) is 0 Å².